The van der Waals surface area contributed by atoms with Gasteiger partial charge in [0.15, 0.2) is 0 Å². The highest BCUT2D eigenvalue weighted by molar-refractivity contribution is 9.10. The Bertz CT molecular complexity index is 1350. The van der Waals surface area contributed by atoms with E-state index < -0.39 is 5.72 Å². The Balaban J connectivity index is 1.22. The molecule has 4 nitrogen and oxygen atoms in total. The van der Waals surface area contributed by atoms with Gasteiger partial charge in [-0.2, -0.15) is 5.10 Å². The summed E-state index contributed by atoms with van der Waals surface area (Å²) >= 11 is 3.63. The van der Waals surface area contributed by atoms with Crippen molar-refractivity contribution >= 4 is 21.6 Å². The predicted octanol–water partition coefficient (Wildman–Crippen LogP) is 7.00. The zero-order valence-corrected chi connectivity index (χ0v) is 21.8. The minimum Gasteiger partial charge on any atom is -0.466 e. The lowest BCUT2D eigenvalue weighted by molar-refractivity contribution is -0.153. The average molecular weight is 546 g/mol. The first kappa shape index (κ1) is 22.5. The lowest BCUT2D eigenvalue weighted by Crippen LogP contribution is -2.59. The first-order chi connectivity index (χ1) is 17.6. The third kappa shape index (κ3) is 3.60. The molecule has 0 aromatic heterocycles. The van der Waals surface area contributed by atoms with Crippen molar-refractivity contribution in [3.8, 4) is 5.75 Å². The van der Waals surface area contributed by atoms with Gasteiger partial charge < -0.3 is 4.74 Å². The molecule has 3 aromatic carbocycles. The Morgan fingerprint density at radius 1 is 0.944 bits per heavy atom. The highest BCUT2D eigenvalue weighted by Gasteiger charge is 2.52. The molecule has 0 saturated carbocycles. The number of halogens is 2. The lowest BCUT2D eigenvalue weighted by Gasteiger charge is -2.52. The largest absolute Gasteiger partial charge is 0.466 e. The van der Waals surface area contributed by atoms with Crippen molar-refractivity contribution in [2.24, 2.45) is 5.10 Å². The van der Waals surface area contributed by atoms with Gasteiger partial charge in [-0.15, -0.1) is 0 Å². The molecule has 6 heteroatoms. The summed E-state index contributed by atoms with van der Waals surface area (Å²) in [4.78, 5) is 2.65. The number of benzene rings is 3. The topological polar surface area (TPSA) is 28.1 Å². The summed E-state index contributed by atoms with van der Waals surface area (Å²) in [6.45, 7) is 1.91. The number of hydrogen-bond donors (Lipinski definition) is 0. The smallest absolute Gasteiger partial charge is 0.200 e. The number of nitrogens with zero attached hydrogens (tertiary/aromatic N) is 3. The molecule has 0 bridgehead atoms. The van der Waals surface area contributed by atoms with Crippen LogP contribution in [0.5, 0.6) is 5.75 Å². The molecule has 7 rings (SSSR count). The minimum atomic E-state index is -0.511. The van der Waals surface area contributed by atoms with Crippen LogP contribution in [0.3, 0.4) is 0 Å². The van der Waals surface area contributed by atoms with Crippen molar-refractivity contribution in [3.63, 3.8) is 0 Å². The first-order valence-corrected chi connectivity index (χ1v) is 13.8. The van der Waals surface area contributed by atoms with Crippen LogP contribution in [-0.2, 0) is 6.42 Å². The zero-order chi connectivity index (χ0) is 24.3. The normalized spacial score (nSPS) is 24.5. The van der Waals surface area contributed by atoms with Crippen molar-refractivity contribution in [1.82, 2.24) is 9.91 Å². The van der Waals surface area contributed by atoms with E-state index in [-0.39, 0.29) is 11.9 Å². The van der Waals surface area contributed by atoms with E-state index in [1.54, 1.807) is 6.07 Å². The second-order valence-corrected chi connectivity index (χ2v) is 11.4. The number of hydrazone groups is 1. The van der Waals surface area contributed by atoms with E-state index in [2.05, 4.69) is 62.2 Å². The van der Waals surface area contributed by atoms with Gasteiger partial charge in [-0.05, 0) is 54.7 Å². The number of fused-ring (bicyclic) bond motifs is 5. The van der Waals surface area contributed by atoms with Gasteiger partial charge in [0.05, 0.1) is 11.8 Å². The maximum absolute atomic E-state index is 14.7. The molecule has 1 saturated heterocycles. The summed E-state index contributed by atoms with van der Waals surface area (Å²) in [6, 6.07) is 22.7. The molecule has 3 heterocycles. The van der Waals surface area contributed by atoms with Gasteiger partial charge in [-0.1, -0.05) is 58.4 Å². The first-order valence-electron chi connectivity index (χ1n) is 13.0. The summed E-state index contributed by atoms with van der Waals surface area (Å²) in [6.07, 6.45) is 6.05. The third-order valence-electron chi connectivity index (χ3n) is 8.50. The fourth-order valence-corrected chi connectivity index (χ4v) is 7.11. The monoisotopic (exact) mass is 545 g/mol. The predicted molar refractivity (Wildman–Crippen MR) is 143 cm³/mol. The van der Waals surface area contributed by atoms with Crippen LogP contribution in [0.4, 0.5) is 4.39 Å². The SMILES string of the molecule is Fc1ccccc1C1=NN2[C@H](C1)c1cc(Br)ccc1OC21CCN([C@H]2CCCc3ccccc32)CC1. The molecule has 0 unspecified atom stereocenters. The van der Waals surface area contributed by atoms with Crippen LogP contribution >= 0.6 is 15.9 Å². The lowest BCUT2D eigenvalue weighted by atomic mass is 9.84. The van der Waals surface area contributed by atoms with Crippen molar-refractivity contribution in [2.45, 2.75) is 56.3 Å². The summed E-state index contributed by atoms with van der Waals surface area (Å²) in [7, 11) is 0. The molecule has 36 heavy (non-hydrogen) atoms. The van der Waals surface area contributed by atoms with E-state index in [9.17, 15) is 4.39 Å². The Morgan fingerprint density at radius 2 is 1.75 bits per heavy atom. The zero-order valence-electron chi connectivity index (χ0n) is 20.2. The van der Waals surface area contributed by atoms with E-state index in [0.717, 1.165) is 47.4 Å². The van der Waals surface area contributed by atoms with Gasteiger partial charge in [-0.25, -0.2) is 9.40 Å². The molecule has 4 aliphatic rings. The molecule has 2 atom stereocenters. The number of hydrogen-bond acceptors (Lipinski definition) is 4. The molecular formula is C30H29BrFN3O. The number of aryl methyl sites for hydroxylation is 1. The summed E-state index contributed by atoms with van der Waals surface area (Å²) < 4.78 is 22.6. The van der Waals surface area contributed by atoms with Gasteiger partial charge >= 0.3 is 0 Å². The average Bonchev–Trinajstić information content (AvgIpc) is 3.37. The number of ether oxygens (including phenoxy) is 1. The molecule has 3 aliphatic heterocycles. The Labute approximate surface area is 219 Å². The van der Waals surface area contributed by atoms with Crippen molar-refractivity contribution < 1.29 is 9.13 Å². The van der Waals surface area contributed by atoms with Gasteiger partial charge in [0.25, 0.3) is 0 Å². The summed E-state index contributed by atoms with van der Waals surface area (Å²) in [5.41, 5.74) is 5.00. The van der Waals surface area contributed by atoms with Crippen molar-refractivity contribution in [2.75, 3.05) is 13.1 Å². The fraction of sp³-hybridized carbons (Fsp3) is 0.367. The Morgan fingerprint density at radius 3 is 2.61 bits per heavy atom. The van der Waals surface area contributed by atoms with Crippen LogP contribution < -0.4 is 4.74 Å². The standard InChI is InChI=1S/C30H29BrFN3O/c31-21-12-13-29-24(18-21)28-19-26(23-9-3-4-10-25(23)32)33-35(28)30(36-29)14-16-34(17-15-30)27-11-5-7-20-6-1-2-8-22(20)27/h1-4,6,8-10,12-13,18,27-28H,5,7,11,14-17,19H2/t27-,28+/m0/s1. The Kier molecular flexibility index (Phi) is 5.44. The van der Waals surface area contributed by atoms with Crippen molar-refractivity contribution in [3.05, 3.63) is 99.3 Å². The van der Waals surface area contributed by atoms with Gasteiger partial charge in [0, 0.05) is 54.0 Å². The number of piperidine rings is 1. The molecule has 3 aromatic rings. The van der Waals surface area contributed by atoms with Crippen LogP contribution in [0, 0.1) is 5.82 Å². The molecule has 1 spiro atoms. The van der Waals surface area contributed by atoms with Crippen LogP contribution in [0.25, 0.3) is 0 Å². The second kappa shape index (κ2) is 8.70. The molecule has 0 amide bonds. The van der Waals surface area contributed by atoms with Gasteiger partial charge in [0.2, 0.25) is 5.72 Å². The quantitative estimate of drug-likeness (QED) is 0.347. The van der Waals surface area contributed by atoms with Gasteiger partial charge in [-0.3, -0.25) is 4.90 Å². The van der Waals surface area contributed by atoms with Crippen LogP contribution in [0.2, 0.25) is 0 Å². The van der Waals surface area contributed by atoms with E-state index in [4.69, 9.17) is 9.84 Å². The van der Waals surface area contributed by atoms with E-state index in [0.29, 0.717) is 18.0 Å². The molecule has 0 N–H and O–H groups in total. The van der Waals surface area contributed by atoms with Crippen LogP contribution in [0.15, 0.2) is 76.3 Å². The molecular weight excluding hydrogens is 517 g/mol. The molecule has 1 fully saturated rings. The van der Waals surface area contributed by atoms with E-state index in [1.165, 1.54) is 36.5 Å². The van der Waals surface area contributed by atoms with Gasteiger partial charge in [0.1, 0.15) is 11.6 Å². The summed E-state index contributed by atoms with van der Waals surface area (Å²) in [5, 5.41) is 7.25. The number of likely N-dealkylation sites (tertiary alicyclic amines) is 1. The number of rotatable bonds is 2. The van der Waals surface area contributed by atoms with Crippen LogP contribution in [0.1, 0.15) is 66.4 Å². The minimum absolute atomic E-state index is 0.0443. The molecule has 184 valence electrons. The van der Waals surface area contributed by atoms with E-state index >= 15 is 0 Å². The Hall–Kier alpha value is -2.70. The van der Waals surface area contributed by atoms with Crippen molar-refractivity contribution in [1.29, 1.82) is 0 Å². The second-order valence-electron chi connectivity index (χ2n) is 10.5. The van der Waals surface area contributed by atoms with E-state index in [1.807, 2.05) is 18.2 Å². The molecule has 0 radical (unpaired) electrons. The molecule has 1 aliphatic carbocycles. The highest BCUT2D eigenvalue weighted by atomic mass is 79.9. The maximum atomic E-state index is 14.7. The fourth-order valence-electron chi connectivity index (χ4n) is 6.73. The summed E-state index contributed by atoms with van der Waals surface area (Å²) in [5.74, 6) is 0.715. The van der Waals surface area contributed by atoms with Crippen LogP contribution in [-0.4, -0.2) is 34.4 Å². The highest BCUT2D eigenvalue weighted by Crippen LogP contribution is 2.51. The third-order valence-corrected chi connectivity index (χ3v) is 8.99. The maximum Gasteiger partial charge on any atom is 0.200 e.